The molecule has 6 nitrogen and oxygen atoms in total. The molecule has 0 radical (unpaired) electrons. The third kappa shape index (κ3) is 8.79. The lowest BCUT2D eigenvalue weighted by Crippen LogP contribution is -2.44. The number of carbonyl (C=O) groups is 2. The van der Waals surface area contributed by atoms with Crippen LogP contribution in [0.2, 0.25) is 0 Å². The normalized spacial score (nSPS) is 16.5. The first-order valence-corrected chi connectivity index (χ1v) is 14.5. The van der Waals surface area contributed by atoms with E-state index < -0.39 is 0 Å². The van der Waals surface area contributed by atoms with E-state index in [-0.39, 0.29) is 38.8 Å². The van der Waals surface area contributed by atoms with Crippen molar-refractivity contribution in [3.05, 3.63) is 120 Å². The largest absolute Gasteiger partial charge is 0.382 e. The molecule has 4 aromatic rings. The molecule has 1 atom stereocenters. The average Bonchev–Trinajstić information content (AvgIpc) is 3.02. The molecule has 0 aliphatic heterocycles. The minimum atomic E-state index is -0.340. The maximum Gasteiger partial charge on any atom is 0.256 e. The van der Waals surface area contributed by atoms with Gasteiger partial charge in [-0.05, 0) is 79.6 Å². The van der Waals surface area contributed by atoms with Crippen LogP contribution in [0.5, 0.6) is 0 Å². The van der Waals surface area contributed by atoms with Crippen molar-refractivity contribution in [3.63, 3.8) is 0 Å². The summed E-state index contributed by atoms with van der Waals surface area (Å²) in [6.45, 7) is 2.56. The Bertz CT molecular complexity index is 1420. The number of benzene rings is 4. The number of nitrogens with one attached hydrogen (secondary N) is 4. The average molecular weight is 579 g/mol. The van der Waals surface area contributed by atoms with Gasteiger partial charge in [0.1, 0.15) is 6.04 Å². The Balaban J connectivity index is 0.00000253. The minimum Gasteiger partial charge on any atom is -0.382 e. The van der Waals surface area contributed by atoms with E-state index in [1.54, 1.807) is 0 Å². The summed E-state index contributed by atoms with van der Waals surface area (Å²) in [4.78, 5) is 25.9. The van der Waals surface area contributed by atoms with Gasteiger partial charge in [0.25, 0.3) is 5.91 Å². The van der Waals surface area contributed by atoms with Gasteiger partial charge in [-0.2, -0.15) is 0 Å². The summed E-state index contributed by atoms with van der Waals surface area (Å²) in [5.41, 5.74) is 5.36. The monoisotopic (exact) mass is 578 g/mol. The van der Waals surface area contributed by atoms with E-state index in [2.05, 4.69) is 21.3 Å². The molecule has 1 saturated carbocycles. The lowest BCUT2D eigenvalue weighted by Gasteiger charge is -2.33. The van der Waals surface area contributed by atoms with Crippen LogP contribution in [0.4, 0.5) is 11.4 Å². The summed E-state index contributed by atoms with van der Waals surface area (Å²) in [7, 11) is 0. The first-order valence-electron chi connectivity index (χ1n) is 14.5. The SMILES string of the molecule is C.C.CCNC(=O)C(NC1CCC(Nc2ccc(NC(=O)c3ccccc3-c3ccccc3)cc2)CC1)c1ccccc1. The van der Waals surface area contributed by atoms with Gasteiger partial charge in [-0.3, -0.25) is 14.9 Å². The highest BCUT2D eigenvalue weighted by atomic mass is 16.2. The molecule has 0 saturated heterocycles. The number of anilines is 2. The summed E-state index contributed by atoms with van der Waals surface area (Å²) in [5.74, 6) is -0.105. The summed E-state index contributed by atoms with van der Waals surface area (Å²) in [6.07, 6.45) is 4.03. The highest BCUT2D eigenvalue weighted by Crippen LogP contribution is 2.27. The second kappa shape index (κ2) is 16.3. The summed E-state index contributed by atoms with van der Waals surface area (Å²) >= 11 is 0. The van der Waals surface area contributed by atoms with Crippen LogP contribution in [-0.4, -0.2) is 30.4 Å². The van der Waals surface area contributed by atoms with Crippen molar-refractivity contribution in [2.75, 3.05) is 17.2 Å². The van der Waals surface area contributed by atoms with Crippen molar-refractivity contribution >= 4 is 23.2 Å². The van der Waals surface area contributed by atoms with Gasteiger partial charge in [-0.25, -0.2) is 0 Å². The quantitative estimate of drug-likeness (QED) is 0.153. The lowest BCUT2D eigenvalue weighted by atomic mass is 9.90. The van der Waals surface area contributed by atoms with Crippen LogP contribution in [-0.2, 0) is 4.79 Å². The minimum absolute atomic E-state index is 0. The van der Waals surface area contributed by atoms with Crippen LogP contribution in [0, 0.1) is 0 Å². The predicted molar refractivity (Wildman–Crippen MR) is 180 cm³/mol. The van der Waals surface area contributed by atoms with Crippen LogP contribution in [0.25, 0.3) is 11.1 Å². The summed E-state index contributed by atoms with van der Waals surface area (Å²) < 4.78 is 0. The van der Waals surface area contributed by atoms with Crippen LogP contribution < -0.4 is 21.3 Å². The van der Waals surface area contributed by atoms with Gasteiger partial charge >= 0.3 is 0 Å². The molecule has 1 fully saturated rings. The van der Waals surface area contributed by atoms with Crippen LogP contribution in [0.1, 0.15) is 69.4 Å². The van der Waals surface area contributed by atoms with Gasteiger partial charge in [0.05, 0.1) is 0 Å². The molecule has 4 aromatic carbocycles. The van der Waals surface area contributed by atoms with E-state index in [0.717, 1.165) is 53.7 Å². The molecular weight excluding hydrogens is 532 g/mol. The topological polar surface area (TPSA) is 82.3 Å². The fraction of sp³-hybridized carbons (Fsp3) is 0.297. The van der Waals surface area contributed by atoms with E-state index in [4.69, 9.17) is 0 Å². The fourth-order valence-corrected chi connectivity index (χ4v) is 5.52. The van der Waals surface area contributed by atoms with Gasteiger partial charge in [0, 0.05) is 35.6 Å². The van der Waals surface area contributed by atoms with E-state index >= 15 is 0 Å². The van der Waals surface area contributed by atoms with Crippen molar-refractivity contribution in [3.8, 4) is 11.1 Å². The molecule has 0 aromatic heterocycles. The molecule has 0 heterocycles. The van der Waals surface area contributed by atoms with E-state index in [9.17, 15) is 9.59 Å². The summed E-state index contributed by atoms with van der Waals surface area (Å²) in [6, 6.07) is 35.8. The Morgan fingerprint density at radius 1 is 0.698 bits per heavy atom. The van der Waals surface area contributed by atoms with Crippen molar-refractivity contribution in [2.45, 2.75) is 65.6 Å². The molecule has 0 bridgehead atoms. The smallest absolute Gasteiger partial charge is 0.256 e. The number of carbonyl (C=O) groups excluding carboxylic acids is 2. The fourth-order valence-electron chi connectivity index (χ4n) is 5.52. The third-order valence-corrected chi connectivity index (χ3v) is 7.65. The first-order chi connectivity index (χ1) is 20.1. The van der Waals surface area contributed by atoms with Crippen LogP contribution in [0.3, 0.4) is 0 Å². The highest BCUT2D eigenvalue weighted by Gasteiger charge is 2.27. The van der Waals surface area contributed by atoms with E-state index in [1.807, 2.05) is 116 Å². The molecule has 226 valence electrons. The van der Waals surface area contributed by atoms with Gasteiger partial charge < -0.3 is 16.0 Å². The maximum absolute atomic E-state index is 13.1. The van der Waals surface area contributed by atoms with Crippen molar-refractivity contribution in [2.24, 2.45) is 0 Å². The lowest BCUT2D eigenvalue weighted by molar-refractivity contribution is -0.123. The Hall–Kier alpha value is -4.42. The Morgan fingerprint density at radius 2 is 1.26 bits per heavy atom. The highest BCUT2D eigenvalue weighted by molar-refractivity contribution is 6.08. The third-order valence-electron chi connectivity index (χ3n) is 7.65. The first kappa shape index (κ1) is 33.1. The second-order valence-electron chi connectivity index (χ2n) is 10.5. The van der Waals surface area contributed by atoms with Gasteiger partial charge in [0.2, 0.25) is 5.91 Å². The molecule has 4 N–H and O–H groups in total. The number of rotatable bonds is 10. The number of hydrogen-bond donors (Lipinski definition) is 4. The molecular formula is C37H46N4O2. The molecule has 0 spiro atoms. The molecule has 6 heteroatoms. The van der Waals surface area contributed by atoms with E-state index in [1.165, 1.54) is 0 Å². The van der Waals surface area contributed by atoms with Crippen LogP contribution >= 0.6 is 0 Å². The zero-order valence-electron chi connectivity index (χ0n) is 23.5. The van der Waals surface area contributed by atoms with Gasteiger partial charge in [-0.1, -0.05) is 93.7 Å². The zero-order chi connectivity index (χ0) is 28.4. The number of amides is 2. The maximum atomic E-state index is 13.1. The zero-order valence-corrected chi connectivity index (χ0v) is 23.5. The van der Waals surface area contributed by atoms with E-state index in [0.29, 0.717) is 18.2 Å². The molecule has 1 aliphatic carbocycles. The molecule has 1 unspecified atom stereocenters. The Kier molecular flexibility index (Phi) is 12.5. The van der Waals surface area contributed by atoms with Gasteiger partial charge in [-0.15, -0.1) is 0 Å². The number of hydrogen-bond acceptors (Lipinski definition) is 4. The molecule has 43 heavy (non-hydrogen) atoms. The van der Waals surface area contributed by atoms with Crippen molar-refractivity contribution < 1.29 is 9.59 Å². The Labute approximate surface area is 257 Å². The van der Waals surface area contributed by atoms with Crippen molar-refractivity contribution in [1.82, 2.24) is 10.6 Å². The Morgan fingerprint density at radius 3 is 1.91 bits per heavy atom. The van der Waals surface area contributed by atoms with Gasteiger partial charge in [0.15, 0.2) is 0 Å². The molecule has 1 aliphatic rings. The number of likely N-dealkylation sites (N-methyl/N-ethyl adjacent to an activating group) is 1. The predicted octanol–water partition coefficient (Wildman–Crippen LogP) is 8.07. The standard InChI is InChI=1S/C35H38N4O2.2CH4/c1-2-36-35(41)33(26-13-7-4-8-14-26)38-29-21-17-27(18-22-29)37-28-19-23-30(24-20-28)39-34(40)32-16-10-9-15-31(32)25-11-5-3-6-12-25;;/h3-16,19-20,23-24,27,29,33,37-38H,2,17-18,21-22H2,1H3,(H,36,41)(H,39,40);2*1H4. The molecule has 5 rings (SSSR count). The molecule has 2 amide bonds. The summed E-state index contributed by atoms with van der Waals surface area (Å²) in [5, 5.41) is 13.3. The van der Waals surface area contributed by atoms with Crippen molar-refractivity contribution in [1.29, 1.82) is 0 Å². The van der Waals surface area contributed by atoms with Crippen LogP contribution in [0.15, 0.2) is 109 Å². The second-order valence-corrected chi connectivity index (χ2v) is 10.5.